The number of piperidine rings is 1. The third kappa shape index (κ3) is 5.00. The van der Waals surface area contributed by atoms with Crippen molar-refractivity contribution in [2.75, 3.05) is 25.0 Å². The number of hydrogen-bond donors (Lipinski definition) is 2. The van der Waals surface area contributed by atoms with Crippen molar-refractivity contribution in [2.24, 2.45) is 5.92 Å². The fourth-order valence-corrected chi connectivity index (χ4v) is 5.06. The SMILES string of the molecule is Oc1ccccc1-c1cc(NCC2CCCN(Cc3cccc(Cl)c3)C2)n2ncc(Br)c2n1. The molecule has 1 atom stereocenters. The van der Waals surface area contributed by atoms with Gasteiger partial charge in [-0.1, -0.05) is 35.9 Å². The quantitative estimate of drug-likeness (QED) is 0.330. The number of phenolic OH excluding ortho intramolecular Hbond substituents is 1. The Morgan fingerprint density at radius 1 is 1.15 bits per heavy atom. The number of aromatic hydroxyl groups is 1. The number of para-hydroxylation sites is 1. The van der Waals surface area contributed by atoms with Gasteiger partial charge in [0.05, 0.1) is 16.4 Å². The second-order valence-corrected chi connectivity index (χ2v) is 9.82. The molecular weight excluding hydrogens is 502 g/mol. The van der Waals surface area contributed by atoms with Gasteiger partial charge < -0.3 is 10.4 Å². The van der Waals surface area contributed by atoms with E-state index in [0.29, 0.717) is 22.8 Å². The van der Waals surface area contributed by atoms with Gasteiger partial charge in [-0.2, -0.15) is 9.61 Å². The van der Waals surface area contributed by atoms with E-state index < -0.39 is 0 Å². The molecule has 1 fully saturated rings. The molecule has 0 amide bonds. The maximum Gasteiger partial charge on any atom is 0.172 e. The number of halogens is 2. The largest absolute Gasteiger partial charge is 0.507 e. The third-order valence-electron chi connectivity index (χ3n) is 6.08. The van der Waals surface area contributed by atoms with Crippen LogP contribution in [0.4, 0.5) is 5.82 Å². The Hall–Kier alpha value is -2.61. The van der Waals surface area contributed by atoms with Crippen molar-refractivity contribution in [2.45, 2.75) is 19.4 Å². The van der Waals surface area contributed by atoms with Crippen LogP contribution < -0.4 is 5.32 Å². The molecule has 1 saturated heterocycles. The molecule has 4 aromatic rings. The number of phenols is 1. The van der Waals surface area contributed by atoms with Crippen LogP contribution in [0.1, 0.15) is 18.4 Å². The van der Waals surface area contributed by atoms with Crippen LogP contribution in [-0.2, 0) is 6.54 Å². The van der Waals surface area contributed by atoms with Gasteiger partial charge in [-0.15, -0.1) is 0 Å². The highest BCUT2D eigenvalue weighted by Crippen LogP contribution is 2.31. The van der Waals surface area contributed by atoms with Gasteiger partial charge in [-0.3, -0.25) is 4.90 Å². The van der Waals surface area contributed by atoms with E-state index in [-0.39, 0.29) is 5.75 Å². The first kappa shape index (κ1) is 22.2. The smallest absolute Gasteiger partial charge is 0.172 e. The van der Waals surface area contributed by atoms with Crippen molar-refractivity contribution in [1.29, 1.82) is 0 Å². The molecule has 5 rings (SSSR count). The van der Waals surface area contributed by atoms with Gasteiger partial charge >= 0.3 is 0 Å². The molecule has 1 aliphatic heterocycles. The molecule has 170 valence electrons. The van der Waals surface area contributed by atoms with Crippen molar-refractivity contribution >= 4 is 39.0 Å². The van der Waals surface area contributed by atoms with Crippen molar-refractivity contribution in [3.63, 3.8) is 0 Å². The highest BCUT2D eigenvalue weighted by Gasteiger charge is 2.21. The van der Waals surface area contributed by atoms with Gasteiger partial charge in [0.25, 0.3) is 0 Å². The predicted octanol–water partition coefficient (Wildman–Crippen LogP) is 5.84. The van der Waals surface area contributed by atoms with E-state index in [4.69, 9.17) is 16.6 Å². The van der Waals surface area contributed by atoms with Crippen molar-refractivity contribution < 1.29 is 5.11 Å². The van der Waals surface area contributed by atoms with E-state index >= 15 is 0 Å². The molecule has 0 saturated carbocycles. The van der Waals surface area contributed by atoms with E-state index in [0.717, 1.165) is 41.5 Å². The molecule has 33 heavy (non-hydrogen) atoms. The number of aromatic nitrogens is 3. The van der Waals surface area contributed by atoms with Crippen molar-refractivity contribution in [1.82, 2.24) is 19.5 Å². The molecule has 0 radical (unpaired) electrons. The normalized spacial score (nSPS) is 16.8. The lowest BCUT2D eigenvalue weighted by molar-refractivity contribution is 0.173. The second kappa shape index (κ2) is 9.71. The Kier molecular flexibility index (Phi) is 6.53. The summed E-state index contributed by atoms with van der Waals surface area (Å²) in [6, 6.07) is 17.3. The van der Waals surface area contributed by atoms with Gasteiger partial charge in [-0.05, 0) is 71.1 Å². The van der Waals surface area contributed by atoms with E-state index in [9.17, 15) is 5.11 Å². The number of likely N-dealkylation sites (tertiary alicyclic amines) is 1. The molecule has 0 aliphatic carbocycles. The number of benzene rings is 2. The fourth-order valence-electron chi connectivity index (χ4n) is 4.49. The monoisotopic (exact) mass is 525 g/mol. The topological polar surface area (TPSA) is 65.7 Å². The third-order valence-corrected chi connectivity index (χ3v) is 6.87. The van der Waals surface area contributed by atoms with Crippen molar-refractivity contribution in [3.8, 4) is 17.0 Å². The fraction of sp³-hybridized carbons (Fsp3) is 0.280. The zero-order valence-electron chi connectivity index (χ0n) is 18.1. The van der Waals surface area contributed by atoms with Crippen LogP contribution in [-0.4, -0.2) is 44.2 Å². The van der Waals surface area contributed by atoms with Crippen LogP contribution in [0.5, 0.6) is 5.75 Å². The minimum absolute atomic E-state index is 0.208. The summed E-state index contributed by atoms with van der Waals surface area (Å²) in [5.74, 6) is 1.59. The lowest BCUT2D eigenvalue weighted by atomic mass is 9.97. The first-order chi connectivity index (χ1) is 16.1. The molecule has 0 spiro atoms. The maximum absolute atomic E-state index is 10.3. The summed E-state index contributed by atoms with van der Waals surface area (Å²) in [6.45, 7) is 3.89. The zero-order valence-corrected chi connectivity index (χ0v) is 20.4. The predicted molar refractivity (Wildman–Crippen MR) is 136 cm³/mol. The number of rotatable bonds is 6. The average molecular weight is 527 g/mol. The molecule has 8 heteroatoms. The van der Waals surface area contributed by atoms with Crippen molar-refractivity contribution in [3.05, 3.63) is 75.9 Å². The Bertz CT molecular complexity index is 1280. The van der Waals surface area contributed by atoms with Gasteiger partial charge in [0.1, 0.15) is 11.6 Å². The van der Waals surface area contributed by atoms with E-state index in [1.807, 2.05) is 42.5 Å². The molecule has 6 nitrogen and oxygen atoms in total. The van der Waals surface area contributed by atoms with Gasteiger partial charge in [0, 0.05) is 36.3 Å². The standard InChI is InChI=1S/C25H25BrClN5O/c26-21-14-29-32-24(12-22(30-25(21)32)20-8-1-2-9-23(20)33)28-13-18-6-4-10-31(16-18)15-17-5-3-7-19(27)11-17/h1-3,5,7-9,11-12,14,18,28,33H,4,6,10,13,15-16H2. The Morgan fingerprint density at radius 2 is 2.03 bits per heavy atom. The van der Waals surface area contributed by atoms with E-state index in [1.54, 1.807) is 16.8 Å². The second-order valence-electron chi connectivity index (χ2n) is 8.53. The summed E-state index contributed by atoms with van der Waals surface area (Å²) in [4.78, 5) is 7.22. The lowest BCUT2D eigenvalue weighted by Gasteiger charge is -2.33. The molecule has 1 aliphatic rings. The van der Waals surface area contributed by atoms with E-state index in [2.05, 4.69) is 37.3 Å². The van der Waals surface area contributed by atoms with Gasteiger partial charge in [-0.25, -0.2) is 4.98 Å². The summed E-state index contributed by atoms with van der Waals surface area (Å²) < 4.78 is 2.62. The number of nitrogens with zero attached hydrogens (tertiary/aromatic N) is 4. The highest BCUT2D eigenvalue weighted by atomic mass is 79.9. The van der Waals surface area contributed by atoms with Crippen LogP contribution in [0.2, 0.25) is 5.02 Å². The summed E-state index contributed by atoms with van der Waals surface area (Å²) >= 11 is 9.71. The molecule has 2 N–H and O–H groups in total. The lowest BCUT2D eigenvalue weighted by Crippen LogP contribution is -2.37. The maximum atomic E-state index is 10.3. The van der Waals surface area contributed by atoms with Crippen LogP contribution in [0.3, 0.4) is 0 Å². The van der Waals surface area contributed by atoms with Gasteiger partial charge in [0.15, 0.2) is 5.65 Å². The molecule has 2 aromatic carbocycles. The molecular formula is C25H25BrClN5O. The molecule has 2 aromatic heterocycles. The number of nitrogens with one attached hydrogen (secondary N) is 1. The molecule has 3 heterocycles. The van der Waals surface area contributed by atoms with Crippen LogP contribution in [0.15, 0.2) is 65.3 Å². The van der Waals surface area contributed by atoms with Crippen LogP contribution in [0.25, 0.3) is 16.9 Å². The first-order valence-electron chi connectivity index (χ1n) is 11.1. The minimum Gasteiger partial charge on any atom is -0.507 e. The zero-order chi connectivity index (χ0) is 22.8. The van der Waals surface area contributed by atoms with Gasteiger partial charge in [0.2, 0.25) is 0 Å². The summed E-state index contributed by atoms with van der Waals surface area (Å²) in [5.41, 5.74) is 3.36. The van der Waals surface area contributed by atoms with Crippen LogP contribution in [0, 0.1) is 5.92 Å². The number of fused-ring (bicyclic) bond motifs is 1. The number of anilines is 1. The Balaban J connectivity index is 1.33. The summed E-state index contributed by atoms with van der Waals surface area (Å²) in [6.07, 6.45) is 4.10. The van der Waals surface area contributed by atoms with Crippen LogP contribution >= 0.6 is 27.5 Å². The minimum atomic E-state index is 0.208. The highest BCUT2D eigenvalue weighted by molar-refractivity contribution is 9.10. The van der Waals surface area contributed by atoms with E-state index in [1.165, 1.54) is 18.4 Å². The average Bonchev–Trinajstić information content (AvgIpc) is 3.19. The molecule has 1 unspecified atom stereocenters. The summed E-state index contributed by atoms with van der Waals surface area (Å²) in [5, 5.41) is 19.2. The summed E-state index contributed by atoms with van der Waals surface area (Å²) in [7, 11) is 0. The Morgan fingerprint density at radius 3 is 2.88 bits per heavy atom. The Labute approximate surface area is 206 Å². The number of hydrogen-bond acceptors (Lipinski definition) is 5. The molecule has 0 bridgehead atoms. The first-order valence-corrected chi connectivity index (χ1v) is 12.3.